The van der Waals surface area contributed by atoms with Gasteiger partial charge in [0, 0.05) is 16.4 Å². The number of amides is 1. The molecule has 1 heterocycles. The second kappa shape index (κ2) is 9.06. The molecule has 0 saturated heterocycles. The van der Waals surface area contributed by atoms with Gasteiger partial charge in [-0.25, -0.2) is 9.07 Å². The molecule has 1 aliphatic rings. The Labute approximate surface area is 203 Å². The van der Waals surface area contributed by atoms with Crippen molar-refractivity contribution in [2.45, 2.75) is 38.8 Å². The maximum Gasteiger partial charge on any atom is 0.226 e. The zero-order valence-corrected chi connectivity index (χ0v) is 20.0. The fourth-order valence-electron chi connectivity index (χ4n) is 4.23. The number of fused-ring (bicyclic) bond motifs is 1. The van der Waals surface area contributed by atoms with Gasteiger partial charge in [-0.1, -0.05) is 25.1 Å². The second-order valence-electron chi connectivity index (χ2n) is 9.36. The minimum atomic E-state index is -0.470. The van der Waals surface area contributed by atoms with Crippen LogP contribution >= 0.6 is 0 Å². The number of carbonyl (C=O) groups excluding carboxylic acids is 1. The largest absolute Gasteiger partial charge is 0.496 e. The first-order valence-corrected chi connectivity index (χ1v) is 11.7. The fraction of sp³-hybridized carbons (Fsp3) is 0.286. The van der Waals surface area contributed by atoms with Gasteiger partial charge >= 0.3 is 0 Å². The Morgan fingerprint density at radius 1 is 1.11 bits per heavy atom. The molecule has 35 heavy (non-hydrogen) atoms. The monoisotopic (exact) mass is 473 g/mol. The molecule has 1 amide bonds. The third kappa shape index (κ3) is 4.58. The van der Waals surface area contributed by atoms with Crippen molar-refractivity contribution in [1.29, 1.82) is 0 Å². The van der Waals surface area contributed by atoms with Gasteiger partial charge < -0.3 is 14.8 Å². The molecule has 0 radical (unpaired) electrons. The van der Waals surface area contributed by atoms with Crippen LogP contribution in [-0.4, -0.2) is 28.8 Å². The van der Waals surface area contributed by atoms with Crippen LogP contribution in [0, 0.1) is 11.2 Å². The van der Waals surface area contributed by atoms with Crippen molar-refractivity contribution >= 4 is 16.8 Å². The van der Waals surface area contributed by atoms with Crippen LogP contribution in [0.15, 0.2) is 72.9 Å². The highest BCUT2D eigenvalue weighted by Crippen LogP contribution is 2.45. The lowest BCUT2D eigenvalue weighted by Crippen LogP contribution is -2.42. The van der Waals surface area contributed by atoms with E-state index >= 15 is 0 Å². The van der Waals surface area contributed by atoms with Crippen LogP contribution in [0.3, 0.4) is 0 Å². The third-order valence-electron chi connectivity index (χ3n) is 6.68. The van der Waals surface area contributed by atoms with Gasteiger partial charge in [-0.2, -0.15) is 5.10 Å². The van der Waals surface area contributed by atoms with Gasteiger partial charge in [-0.15, -0.1) is 0 Å². The van der Waals surface area contributed by atoms with E-state index in [-0.39, 0.29) is 23.2 Å². The summed E-state index contributed by atoms with van der Waals surface area (Å²) in [5.74, 6) is 1.09. The van der Waals surface area contributed by atoms with Crippen molar-refractivity contribution in [1.82, 2.24) is 15.1 Å². The predicted molar refractivity (Wildman–Crippen MR) is 132 cm³/mol. The van der Waals surface area contributed by atoms with E-state index in [1.807, 2.05) is 56.3 Å². The first kappa shape index (κ1) is 22.9. The van der Waals surface area contributed by atoms with E-state index < -0.39 is 6.10 Å². The molecule has 2 unspecified atom stereocenters. The van der Waals surface area contributed by atoms with Gasteiger partial charge in [0.05, 0.1) is 30.6 Å². The number of nitrogens with one attached hydrogen (secondary N) is 1. The Morgan fingerprint density at radius 3 is 2.57 bits per heavy atom. The number of aromatic nitrogens is 2. The smallest absolute Gasteiger partial charge is 0.226 e. The minimum absolute atomic E-state index is 0.0459. The second-order valence-corrected chi connectivity index (χ2v) is 9.36. The summed E-state index contributed by atoms with van der Waals surface area (Å²) in [5, 5.41) is 8.51. The molecule has 4 aromatic rings. The lowest BCUT2D eigenvalue weighted by atomic mass is 10.0. The summed E-state index contributed by atoms with van der Waals surface area (Å²) >= 11 is 0. The number of para-hydroxylation sites is 1. The number of hydrogen-bond donors (Lipinski definition) is 1. The molecular weight excluding hydrogens is 445 g/mol. The predicted octanol–water partition coefficient (Wildman–Crippen LogP) is 5.60. The quantitative estimate of drug-likeness (QED) is 0.362. The van der Waals surface area contributed by atoms with Crippen molar-refractivity contribution in [2.75, 3.05) is 7.11 Å². The van der Waals surface area contributed by atoms with Crippen LogP contribution in [0.2, 0.25) is 0 Å². The number of halogens is 1. The fourth-order valence-corrected chi connectivity index (χ4v) is 4.23. The van der Waals surface area contributed by atoms with Crippen LogP contribution in [0.4, 0.5) is 4.39 Å². The molecule has 6 nitrogen and oxygen atoms in total. The molecule has 1 N–H and O–H groups in total. The standard InChI is InChI=1S/C28H28FN3O3/c1-18(31-27(33)28(2)14-15-28)26(23-6-4-5-7-25(23)34-3)35-22-12-13-24-19(16-22)17-30-32(24)21-10-8-20(29)9-11-21/h4-13,16-18,26H,14-15H2,1-3H3,(H,31,33). The van der Waals surface area contributed by atoms with Crippen molar-refractivity contribution in [3.8, 4) is 17.2 Å². The summed E-state index contributed by atoms with van der Waals surface area (Å²) in [6.45, 7) is 3.94. The van der Waals surface area contributed by atoms with Crippen LogP contribution < -0.4 is 14.8 Å². The summed E-state index contributed by atoms with van der Waals surface area (Å²) < 4.78 is 27.2. The summed E-state index contributed by atoms with van der Waals surface area (Å²) in [5.41, 5.74) is 2.21. The number of hydrogen-bond acceptors (Lipinski definition) is 4. The molecule has 0 aliphatic heterocycles. The number of methoxy groups -OCH3 is 1. The third-order valence-corrected chi connectivity index (χ3v) is 6.68. The molecule has 0 bridgehead atoms. The van der Waals surface area contributed by atoms with Gasteiger partial charge in [0.15, 0.2) is 0 Å². The summed E-state index contributed by atoms with van der Waals surface area (Å²) in [6, 6.07) is 19.3. The van der Waals surface area contributed by atoms with E-state index in [0.717, 1.165) is 35.0 Å². The number of rotatable bonds is 8. The molecule has 1 aromatic heterocycles. The van der Waals surface area contributed by atoms with E-state index in [1.165, 1.54) is 12.1 Å². The van der Waals surface area contributed by atoms with Crippen LogP contribution in [0.1, 0.15) is 38.4 Å². The topological polar surface area (TPSA) is 65.4 Å². The average Bonchev–Trinajstić information content (AvgIpc) is 3.49. The zero-order valence-electron chi connectivity index (χ0n) is 20.0. The maximum atomic E-state index is 13.3. The van der Waals surface area contributed by atoms with Gasteiger partial charge in [-0.05, 0) is 68.3 Å². The molecule has 1 fully saturated rings. The number of ether oxygens (including phenoxy) is 2. The molecular formula is C28H28FN3O3. The first-order valence-electron chi connectivity index (χ1n) is 11.7. The SMILES string of the molecule is COc1ccccc1C(Oc1ccc2c(cnn2-c2ccc(F)cc2)c1)C(C)NC(=O)C1(C)CC1. The number of benzene rings is 3. The van der Waals surface area contributed by atoms with Gasteiger partial charge in [0.1, 0.15) is 23.4 Å². The highest BCUT2D eigenvalue weighted by molar-refractivity contribution is 5.85. The van der Waals surface area contributed by atoms with Gasteiger partial charge in [0.25, 0.3) is 0 Å². The van der Waals surface area contributed by atoms with E-state index in [2.05, 4.69) is 10.4 Å². The highest BCUT2D eigenvalue weighted by atomic mass is 19.1. The zero-order chi connectivity index (χ0) is 24.6. The Bertz CT molecular complexity index is 1360. The van der Waals surface area contributed by atoms with Crippen molar-refractivity contribution in [3.05, 3.63) is 84.3 Å². The van der Waals surface area contributed by atoms with E-state index in [4.69, 9.17) is 9.47 Å². The van der Waals surface area contributed by atoms with E-state index in [0.29, 0.717) is 11.5 Å². The molecule has 1 saturated carbocycles. The lowest BCUT2D eigenvalue weighted by Gasteiger charge is -2.28. The normalized spacial score (nSPS) is 15.9. The van der Waals surface area contributed by atoms with Crippen LogP contribution in [0.5, 0.6) is 11.5 Å². The summed E-state index contributed by atoms with van der Waals surface area (Å²) in [4.78, 5) is 12.8. The number of carbonyl (C=O) groups is 1. The van der Waals surface area contributed by atoms with Crippen LogP contribution in [-0.2, 0) is 4.79 Å². The molecule has 2 atom stereocenters. The average molecular weight is 474 g/mol. The Morgan fingerprint density at radius 2 is 1.86 bits per heavy atom. The molecule has 7 heteroatoms. The van der Waals surface area contributed by atoms with Crippen molar-refractivity contribution in [3.63, 3.8) is 0 Å². The summed E-state index contributed by atoms with van der Waals surface area (Å²) in [6.07, 6.45) is 3.09. The molecule has 0 spiro atoms. The van der Waals surface area contributed by atoms with Crippen molar-refractivity contribution in [2.24, 2.45) is 5.41 Å². The maximum absolute atomic E-state index is 13.3. The Hall–Kier alpha value is -3.87. The van der Waals surface area contributed by atoms with Gasteiger partial charge in [-0.3, -0.25) is 4.79 Å². The molecule has 5 rings (SSSR count). The lowest BCUT2D eigenvalue weighted by molar-refractivity contribution is -0.127. The number of nitrogens with zero attached hydrogens (tertiary/aromatic N) is 2. The first-order chi connectivity index (χ1) is 16.9. The minimum Gasteiger partial charge on any atom is -0.496 e. The highest BCUT2D eigenvalue weighted by Gasteiger charge is 2.45. The Balaban J connectivity index is 1.45. The molecule has 1 aliphatic carbocycles. The van der Waals surface area contributed by atoms with Crippen molar-refractivity contribution < 1.29 is 18.7 Å². The van der Waals surface area contributed by atoms with Crippen LogP contribution in [0.25, 0.3) is 16.6 Å². The van der Waals surface area contributed by atoms with Gasteiger partial charge in [0.2, 0.25) is 5.91 Å². The Kier molecular flexibility index (Phi) is 5.93. The van der Waals surface area contributed by atoms with E-state index in [1.54, 1.807) is 30.1 Å². The molecule has 180 valence electrons. The van der Waals surface area contributed by atoms with E-state index in [9.17, 15) is 9.18 Å². The summed E-state index contributed by atoms with van der Waals surface area (Å²) in [7, 11) is 1.63. The molecule has 3 aromatic carbocycles.